The molecule has 1 aliphatic heterocycles. The van der Waals surface area contributed by atoms with Crippen molar-refractivity contribution in [3.8, 4) is 11.5 Å². The Morgan fingerprint density at radius 2 is 1.83 bits per heavy atom. The molecule has 9 nitrogen and oxygen atoms in total. The number of hydrogen-bond acceptors (Lipinski definition) is 7. The summed E-state index contributed by atoms with van der Waals surface area (Å²) in [7, 11) is 3.03. The van der Waals surface area contributed by atoms with Crippen molar-refractivity contribution >= 4 is 21.6 Å². The Balaban J connectivity index is 1.95. The Bertz CT molecular complexity index is 1140. The minimum absolute atomic E-state index is 0.0833. The maximum atomic E-state index is 13.4. The second-order valence-corrected chi connectivity index (χ2v) is 11.2. The van der Waals surface area contributed by atoms with Gasteiger partial charge in [-0.25, -0.2) is 8.42 Å². The topological polar surface area (TPSA) is 99.6 Å². The van der Waals surface area contributed by atoms with Gasteiger partial charge in [0.1, 0.15) is 17.6 Å². The van der Waals surface area contributed by atoms with Gasteiger partial charge in [0.25, 0.3) is 5.91 Å². The first-order valence-electron chi connectivity index (χ1n) is 11.5. The number of fused-ring (bicyclic) bond motifs is 1. The Morgan fingerprint density at radius 1 is 1.17 bits per heavy atom. The van der Waals surface area contributed by atoms with Crippen LogP contribution in [0.25, 0.3) is 0 Å². The van der Waals surface area contributed by atoms with Gasteiger partial charge in [0, 0.05) is 39.3 Å². The van der Waals surface area contributed by atoms with Crippen LogP contribution in [0.2, 0.25) is 0 Å². The molecular formula is C25H35N3O6S. The van der Waals surface area contributed by atoms with Crippen molar-refractivity contribution in [3.63, 3.8) is 0 Å². The Morgan fingerprint density at radius 3 is 2.40 bits per heavy atom. The number of anilines is 1. The number of rotatable bonds is 8. The first kappa shape index (κ1) is 26.8. The SMILES string of the molecule is COc1ccc(S(=O)(=O)N(C)C[C@H]2Oc3ccc(N(C)C)cc3C(=O)N([C@H](C)CO)C[C@H]2C)cc1. The van der Waals surface area contributed by atoms with Crippen molar-refractivity contribution in [1.29, 1.82) is 0 Å². The van der Waals surface area contributed by atoms with Crippen LogP contribution < -0.4 is 14.4 Å². The molecule has 0 aliphatic carbocycles. The number of aliphatic hydroxyl groups excluding tert-OH is 1. The van der Waals surface area contributed by atoms with Gasteiger partial charge < -0.3 is 24.4 Å². The molecule has 1 N–H and O–H groups in total. The van der Waals surface area contributed by atoms with Gasteiger partial charge in [-0.15, -0.1) is 0 Å². The average Bonchev–Trinajstić information content (AvgIpc) is 2.85. The van der Waals surface area contributed by atoms with Crippen molar-refractivity contribution in [3.05, 3.63) is 48.0 Å². The van der Waals surface area contributed by atoms with Crippen LogP contribution in [-0.2, 0) is 10.0 Å². The van der Waals surface area contributed by atoms with E-state index in [1.807, 2.05) is 32.0 Å². The molecule has 2 aromatic rings. The molecule has 0 saturated carbocycles. The predicted octanol–water partition coefficient (Wildman–Crippen LogP) is 2.30. The number of hydrogen-bond donors (Lipinski definition) is 1. The van der Waals surface area contributed by atoms with Gasteiger partial charge in [0.15, 0.2) is 0 Å². The van der Waals surface area contributed by atoms with Crippen LogP contribution >= 0.6 is 0 Å². The molecule has 0 saturated heterocycles. The van der Waals surface area contributed by atoms with E-state index in [2.05, 4.69) is 0 Å². The lowest BCUT2D eigenvalue weighted by Gasteiger charge is -2.38. The van der Waals surface area contributed by atoms with Gasteiger partial charge in [-0.1, -0.05) is 6.92 Å². The fraction of sp³-hybridized carbons (Fsp3) is 0.480. The van der Waals surface area contributed by atoms with Crippen molar-refractivity contribution in [1.82, 2.24) is 9.21 Å². The van der Waals surface area contributed by atoms with Crippen molar-refractivity contribution in [2.45, 2.75) is 30.9 Å². The summed E-state index contributed by atoms with van der Waals surface area (Å²) in [6, 6.07) is 11.2. The van der Waals surface area contributed by atoms with Crippen LogP contribution in [0.5, 0.6) is 11.5 Å². The van der Waals surface area contributed by atoms with Crippen molar-refractivity contribution in [2.75, 3.05) is 52.8 Å². The number of likely N-dealkylation sites (N-methyl/N-ethyl adjacent to an activating group) is 1. The van der Waals surface area contributed by atoms with Gasteiger partial charge >= 0.3 is 0 Å². The van der Waals surface area contributed by atoms with Crippen LogP contribution in [0.4, 0.5) is 5.69 Å². The van der Waals surface area contributed by atoms with E-state index >= 15 is 0 Å². The minimum Gasteiger partial charge on any atom is -0.497 e. The van der Waals surface area contributed by atoms with E-state index in [1.54, 1.807) is 36.1 Å². The fourth-order valence-corrected chi connectivity index (χ4v) is 5.17. The average molecular weight is 506 g/mol. The van der Waals surface area contributed by atoms with Gasteiger partial charge in [0.05, 0.1) is 36.8 Å². The second kappa shape index (κ2) is 10.8. The lowest BCUT2D eigenvalue weighted by atomic mass is 9.99. The largest absolute Gasteiger partial charge is 0.497 e. The van der Waals surface area contributed by atoms with E-state index in [0.29, 0.717) is 23.6 Å². The minimum atomic E-state index is -3.78. The maximum Gasteiger partial charge on any atom is 0.258 e. The second-order valence-electron chi connectivity index (χ2n) is 9.16. The summed E-state index contributed by atoms with van der Waals surface area (Å²) in [5, 5.41) is 9.80. The number of nitrogens with zero attached hydrogens (tertiary/aromatic N) is 3. The van der Waals surface area contributed by atoms with E-state index in [1.165, 1.54) is 30.6 Å². The van der Waals surface area contributed by atoms with E-state index in [4.69, 9.17) is 9.47 Å². The van der Waals surface area contributed by atoms with Crippen molar-refractivity contribution in [2.24, 2.45) is 5.92 Å². The van der Waals surface area contributed by atoms with Crippen LogP contribution in [-0.4, -0.2) is 88.7 Å². The van der Waals surface area contributed by atoms with Crippen LogP contribution in [0, 0.1) is 5.92 Å². The molecule has 1 aliphatic rings. The van der Waals surface area contributed by atoms with E-state index in [9.17, 15) is 18.3 Å². The molecule has 0 fully saturated rings. The maximum absolute atomic E-state index is 13.4. The summed E-state index contributed by atoms with van der Waals surface area (Å²) in [4.78, 5) is 17.1. The predicted molar refractivity (Wildman–Crippen MR) is 135 cm³/mol. The number of carbonyl (C=O) groups excluding carboxylic acids is 1. The molecule has 3 atom stereocenters. The third kappa shape index (κ3) is 5.71. The van der Waals surface area contributed by atoms with E-state index in [-0.39, 0.29) is 29.9 Å². The Labute approximate surface area is 207 Å². The highest BCUT2D eigenvalue weighted by molar-refractivity contribution is 7.89. The molecule has 35 heavy (non-hydrogen) atoms. The monoisotopic (exact) mass is 505 g/mol. The standard InChI is InChI=1S/C25H35N3O6S/c1-17-14-28(18(2)16-29)25(30)22-13-19(26(3)4)7-12-23(22)34-24(17)15-27(5)35(31,32)21-10-8-20(33-6)9-11-21/h7-13,17-18,24,29H,14-16H2,1-6H3/t17-,18-,24-/m1/s1. The van der Waals surface area contributed by atoms with Gasteiger partial charge in [-0.3, -0.25) is 4.79 Å². The summed E-state index contributed by atoms with van der Waals surface area (Å²) >= 11 is 0. The molecule has 0 unspecified atom stereocenters. The normalized spacial score (nSPS) is 19.4. The molecule has 1 amide bonds. The summed E-state index contributed by atoms with van der Waals surface area (Å²) < 4.78 is 39.2. The first-order chi connectivity index (χ1) is 16.5. The smallest absolute Gasteiger partial charge is 0.258 e. The molecule has 1 heterocycles. The summed E-state index contributed by atoms with van der Waals surface area (Å²) in [5.41, 5.74) is 1.22. The highest BCUT2D eigenvalue weighted by atomic mass is 32.2. The number of benzene rings is 2. The zero-order valence-corrected chi connectivity index (χ0v) is 21.9. The fourth-order valence-electron chi connectivity index (χ4n) is 3.99. The molecule has 2 aromatic carbocycles. The molecule has 0 aromatic heterocycles. The highest BCUT2D eigenvalue weighted by Crippen LogP contribution is 2.31. The molecule has 0 radical (unpaired) electrons. The van der Waals surface area contributed by atoms with E-state index < -0.39 is 22.2 Å². The number of sulfonamides is 1. The van der Waals surface area contributed by atoms with Crippen LogP contribution in [0.15, 0.2) is 47.4 Å². The van der Waals surface area contributed by atoms with E-state index in [0.717, 1.165) is 5.69 Å². The number of aliphatic hydroxyl groups is 1. The van der Waals surface area contributed by atoms with Gasteiger partial charge in [-0.05, 0) is 49.4 Å². The lowest BCUT2D eigenvalue weighted by Crippen LogP contribution is -2.50. The molecule has 0 bridgehead atoms. The van der Waals surface area contributed by atoms with Crippen molar-refractivity contribution < 1.29 is 27.8 Å². The first-order valence-corrected chi connectivity index (χ1v) is 12.9. The van der Waals surface area contributed by atoms with Gasteiger partial charge in [0.2, 0.25) is 10.0 Å². The van der Waals surface area contributed by atoms with Gasteiger partial charge in [-0.2, -0.15) is 4.31 Å². The molecule has 192 valence electrons. The Hall–Kier alpha value is -2.82. The third-order valence-electron chi connectivity index (χ3n) is 6.37. The summed E-state index contributed by atoms with van der Waals surface area (Å²) in [6.07, 6.45) is -0.529. The third-order valence-corrected chi connectivity index (χ3v) is 8.21. The summed E-state index contributed by atoms with van der Waals surface area (Å²) in [6.45, 7) is 3.92. The summed E-state index contributed by atoms with van der Waals surface area (Å²) in [5.74, 6) is 0.528. The van der Waals surface area contributed by atoms with Crippen LogP contribution in [0.3, 0.4) is 0 Å². The quantitative estimate of drug-likeness (QED) is 0.588. The highest BCUT2D eigenvalue weighted by Gasteiger charge is 2.35. The lowest BCUT2D eigenvalue weighted by molar-refractivity contribution is 0.0387. The zero-order chi connectivity index (χ0) is 25.9. The van der Waals surface area contributed by atoms with Crippen LogP contribution in [0.1, 0.15) is 24.2 Å². The molecule has 0 spiro atoms. The Kier molecular flexibility index (Phi) is 8.30. The number of carbonyl (C=O) groups is 1. The number of ether oxygens (including phenoxy) is 2. The molecular weight excluding hydrogens is 470 g/mol. The molecule has 3 rings (SSSR count). The zero-order valence-electron chi connectivity index (χ0n) is 21.1. The number of methoxy groups -OCH3 is 1. The molecule has 10 heteroatoms. The number of amides is 1.